The van der Waals surface area contributed by atoms with Crippen molar-refractivity contribution in [2.75, 3.05) is 18.0 Å². The van der Waals surface area contributed by atoms with Gasteiger partial charge in [0, 0.05) is 13.1 Å². The largest absolute Gasteiger partial charge is 0.406 e. The highest BCUT2D eigenvalue weighted by Gasteiger charge is 2.40. The minimum atomic E-state index is -0.525. The van der Waals surface area contributed by atoms with E-state index >= 15 is 0 Å². The second kappa shape index (κ2) is 3.99. The number of hydrogen-bond donors (Lipinski definition) is 2. The van der Waals surface area contributed by atoms with Gasteiger partial charge in [-0.2, -0.15) is 0 Å². The van der Waals surface area contributed by atoms with Crippen molar-refractivity contribution < 1.29 is 9.21 Å². The molecule has 0 bridgehead atoms. The van der Waals surface area contributed by atoms with Crippen LogP contribution in [0.5, 0.6) is 0 Å². The highest BCUT2D eigenvalue weighted by atomic mass is 16.4. The molecule has 0 aromatic carbocycles. The van der Waals surface area contributed by atoms with Crippen molar-refractivity contribution in [3.8, 4) is 0 Å². The summed E-state index contributed by atoms with van der Waals surface area (Å²) in [6.45, 7) is 4.80. The minimum Gasteiger partial charge on any atom is -0.406 e. The van der Waals surface area contributed by atoms with Crippen LogP contribution in [0.15, 0.2) is 4.42 Å². The Kier molecular flexibility index (Phi) is 2.78. The fraction of sp³-hybridized carbons (Fsp3) is 0.700. The molecule has 2 rings (SSSR count). The highest BCUT2D eigenvalue weighted by Crippen LogP contribution is 2.32. The van der Waals surface area contributed by atoms with Gasteiger partial charge in [0.05, 0.1) is 11.5 Å². The Morgan fingerprint density at radius 2 is 2.29 bits per heavy atom. The van der Waals surface area contributed by atoms with Gasteiger partial charge >= 0.3 is 6.01 Å². The molecule has 1 amide bonds. The summed E-state index contributed by atoms with van der Waals surface area (Å²) in [6.07, 6.45) is 0.693. The van der Waals surface area contributed by atoms with Crippen molar-refractivity contribution >= 4 is 11.9 Å². The van der Waals surface area contributed by atoms with Crippen molar-refractivity contribution in [1.29, 1.82) is 0 Å². The lowest BCUT2D eigenvalue weighted by atomic mass is 9.89. The zero-order chi connectivity index (χ0) is 12.6. The van der Waals surface area contributed by atoms with E-state index in [1.807, 2.05) is 11.8 Å². The Labute approximate surface area is 99.1 Å². The molecule has 2 heterocycles. The van der Waals surface area contributed by atoms with Gasteiger partial charge in [-0.05, 0) is 20.3 Å². The van der Waals surface area contributed by atoms with Crippen LogP contribution in [0.2, 0.25) is 0 Å². The van der Waals surface area contributed by atoms with E-state index in [0.717, 1.165) is 0 Å². The first-order chi connectivity index (χ1) is 7.92. The van der Waals surface area contributed by atoms with Gasteiger partial charge in [0.25, 0.3) is 0 Å². The van der Waals surface area contributed by atoms with Crippen molar-refractivity contribution in [3.05, 3.63) is 5.89 Å². The lowest BCUT2D eigenvalue weighted by Crippen LogP contribution is -2.37. The minimum absolute atomic E-state index is 0.290. The number of amides is 1. The summed E-state index contributed by atoms with van der Waals surface area (Å²) < 4.78 is 5.43. The highest BCUT2D eigenvalue weighted by molar-refractivity contribution is 5.81. The first-order valence-corrected chi connectivity index (χ1v) is 5.56. The predicted octanol–water partition coefficient (Wildman–Crippen LogP) is -0.209. The fourth-order valence-electron chi connectivity index (χ4n) is 1.86. The van der Waals surface area contributed by atoms with Crippen LogP contribution in [0.25, 0.3) is 0 Å². The summed E-state index contributed by atoms with van der Waals surface area (Å²) in [5.74, 6) is 0.0969. The number of anilines is 1. The Bertz CT molecular complexity index is 430. The average molecular weight is 239 g/mol. The number of rotatable bonds is 3. The van der Waals surface area contributed by atoms with Crippen LogP contribution in [-0.2, 0) is 4.79 Å². The summed E-state index contributed by atoms with van der Waals surface area (Å²) in [5, 5.41) is 7.77. The smallest absolute Gasteiger partial charge is 0.318 e. The summed E-state index contributed by atoms with van der Waals surface area (Å²) in [4.78, 5) is 13.2. The third-order valence-corrected chi connectivity index (χ3v) is 3.16. The number of nitrogens with two attached hydrogens (primary N) is 2. The van der Waals surface area contributed by atoms with Crippen molar-refractivity contribution in [3.63, 3.8) is 0 Å². The summed E-state index contributed by atoms with van der Waals surface area (Å²) in [6, 6.07) is 0.114. The molecule has 2 unspecified atom stereocenters. The van der Waals surface area contributed by atoms with Crippen LogP contribution in [0.4, 0.5) is 6.01 Å². The first kappa shape index (κ1) is 11.8. The van der Waals surface area contributed by atoms with Crippen LogP contribution in [-0.4, -0.2) is 29.2 Å². The molecule has 7 nitrogen and oxygen atoms in total. The van der Waals surface area contributed by atoms with Gasteiger partial charge in [0.15, 0.2) is 0 Å². The zero-order valence-corrected chi connectivity index (χ0v) is 10.0. The molecule has 1 fully saturated rings. The number of aromatic nitrogens is 2. The molecule has 1 aromatic rings. The Balaban J connectivity index is 2.12. The SMILES string of the molecule is CC(N)c1nnc(N2CCC(C)(C(N)=O)C2)o1. The molecule has 1 saturated heterocycles. The van der Waals surface area contributed by atoms with Gasteiger partial charge in [0.1, 0.15) is 0 Å². The maximum Gasteiger partial charge on any atom is 0.318 e. The third kappa shape index (κ3) is 2.10. The summed E-state index contributed by atoms with van der Waals surface area (Å²) in [7, 11) is 0. The molecule has 1 aliphatic rings. The molecular weight excluding hydrogens is 222 g/mol. The lowest BCUT2D eigenvalue weighted by molar-refractivity contribution is -0.125. The Morgan fingerprint density at radius 1 is 1.59 bits per heavy atom. The quantitative estimate of drug-likeness (QED) is 0.755. The van der Waals surface area contributed by atoms with E-state index in [9.17, 15) is 4.79 Å². The normalized spacial score (nSPS) is 26.2. The molecule has 0 radical (unpaired) electrons. The van der Waals surface area contributed by atoms with E-state index in [4.69, 9.17) is 15.9 Å². The number of carbonyl (C=O) groups is 1. The standard InChI is InChI=1S/C10H17N5O2/c1-6(11)7-13-14-9(17-7)15-4-3-10(2,5-15)8(12)16/h6H,3-5,11H2,1-2H3,(H2,12,16). The van der Waals surface area contributed by atoms with E-state index in [0.29, 0.717) is 31.4 Å². The van der Waals surface area contributed by atoms with Crippen LogP contribution < -0.4 is 16.4 Å². The summed E-state index contributed by atoms with van der Waals surface area (Å²) >= 11 is 0. The van der Waals surface area contributed by atoms with E-state index < -0.39 is 5.41 Å². The second-order valence-electron chi connectivity index (χ2n) is 4.81. The molecule has 0 spiro atoms. The average Bonchev–Trinajstić information content (AvgIpc) is 2.84. The molecule has 7 heteroatoms. The lowest BCUT2D eigenvalue weighted by Gasteiger charge is -2.19. The molecule has 94 valence electrons. The monoisotopic (exact) mass is 239 g/mol. The predicted molar refractivity (Wildman–Crippen MR) is 61.0 cm³/mol. The van der Waals surface area contributed by atoms with Gasteiger partial charge in [0.2, 0.25) is 11.8 Å². The Hall–Kier alpha value is -1.63. The second-order valence-corrected chi connectivity index (χ2v) is 4.81. The molecule has 17 heavy (non-hydrogen) atoms. The third-order valence-electron chi connectivity index (χ3n) is 3.16. The molecule has 1 aliphatic heterocycles. The van der Waals surface area contributed by atoms with Crippen LogP contribution in [0.3, 0.4) is 0 Å². The molecule has 0 aliphatic carbocycles. The van der Waals surface area contributed by atoms with Crippen LogP contribution >= 0.6 is 0 Å². The molecule has 4 N–H and O–H groups in total. The van der Waals surface area contributed by atoms with E-state index in [2.05, 4.69) is 10.2 Å². The van der Waals surface area contributed by atoms with Crippen LogP contribution in [0.1, 0.15) is 32.2 Å². The van der Waals surface area contributed by atoms with Crippen molar-refractivity contribution in [2.24, 2.45) is 16.9 Å². The number of primary amides is 1. The fourth-order valence-corrected chi connectivity index (χ4v) is 1.86. The Morgan fingerprint density at radius 3 is 2.76 bits per heavy atom. The molecule has 0 saturated carbocycles. The van der Waals surface area contributed by atoms with Gasteiger partial charge in [-0.25, -0.2) is 0 Å². The van der Waals surface area contributed by atoms with Crippen LogP contribution in [0, 0.1) is 5.41 Å². The number of nitrogens with zero attached hydrogens (tertiary/aromatic N) is 3. The van der Waals surface area contributed by atoms with Gasteiger partial charge in [-0.15, -0.1) is 5.10 Å². The van der Waals surface area contributed by atoms with Crippen molar-refractivity contribution in [2.45, 2.75) is 26.3 Å². The molecular formula is C10H17N5O2. The van der Waals surface area contributed by atoms with E-state index in [-0.39, 0.29) is 11.9 Å². The van der Waals surface area contributed by atoms with E-state index in [1.165, 1.54) is 0 Å². The topological polar surface area (TPSA) is 111 Å². The maximum absolute atomic E-state index is 11.3. The molecule has 2 atom stereocenters. The molecule has 1 aromatic heterocycles. The van der Waals surface area contributed by atoms with Crippen molar-refractivity contribution in [1.82, 2.24) is 10.2 Å². The maximum atomic E-state index is 11.3. The number of carbonyl (C=O) groups excluding carboxylic acids is 1. The summed E-state index contributed by atoms with van der Waals surface area (Å²) in [5.41, 5.74) is 10.5. The number of hydrogen-bond acceptors (Lipinski definition) is 6. The van der Waals surface area contributed by atoms with Gasteiger partial charge in [-0.1, -0.05) is 5.10 Å². The van der Waals surface area contributed by atoms with E-state index in [1.54, 1.807) is 6.92 Å². The van der Waals surface area contributed by atoms with Gasteiger partial charge < -0.3 is 20.8 Å². The zero-order valence-electron chi connectivity index (χ0n) is 10.0. The van der Waals surface area contributed by atoms with Gasteiger partial charge in [-0.3, -0.25) is 4.79 Å². The first-order valence-electron chi connectivity index (χ1n) is 5.56.